The first-order valence-electron chi connectivity index (χ1n) is 9.82. The number of hydrogen-bond acceptors (Lipinski definition) is 5. The molecule has 150 valence electrons. The number of ether oxygens (including phenoxy) is 1. The van der Waals surface area contributed by atoms with E-state index in [0.29, 0.717) is 17.5 Å². The van der Waals surface area contributed by atoms with E-state index in [1.165, 1.54) is 5.56 Å². The van der Waals surface area contributed by atoms with Gasteiger partial charge in [0, 0.05) is 11.3 Å². The summed E-state index contributed by atoms with van der Waals surface area (Å²) in [6.45, 7) is 6.42. The number of nitrogens with zero attached hydrogens (tertiary/aromatic N) is 4. The Labute approximate surface area is 170 Å². The van der Waals surface area contributed by atoms with E-state index in [4.69, 9.17) is 4.74 Å². The van der Waals surface area contributed by atoms with Crippen molar-refractivity contribution in [1.29, 1.82) is 0 Å². The average Bonchev–Trinajstić information content (AvgIpc) is 3.42. The smallest absolute Gasteiger partial charge is 0.262 e. The zero-order valence-corrected chi connectivity index (χ0v) is 16.9. The highest BCUT2D eigenvalue weighted by Gasteiger charge is 2.28. The average molecular weight is 391 g/mol. The second-order valence-corrected chi connectivity index (χ2v) is 8.37. The van der Waals surface area contributed by atoms with Crippen LogP contribution in [0.2, 0.25) is 0 Å². The molecule has 29 heavy (non-hydrogen) atoms. The number of carbonyl (C=O) groups is 1. The van der Waals surface area contributed by atoms with Gasteiger partial charge < -0.3 is 10.1 Å². The van der Waals surface area contributed by atoms with Gasteiger partial charge in [-0.15, -0.1) is 5.10 Å². The zero-order chi connectivity index (χ0) is 20.4. The van der Waals surface area contributed by atoms with Gasteiger partial charge in [-0.1, -0.05) is 45.0 Å². The lowest BCUT2D eigenvalue weighted by Crippen LogP contribution is -2.20. The molecule has 0 unspecified atom stereocenters. The third kappa shape index (κ3) is 4.62. The molecule has 1 aliphatic rings. The van der Waals surface area contributed by atoms with Crippen molar-refractivity contribution < 1.29 is 9.53 Å². The first-order valence-corrected chi connectivity index (χ1v) is 9.82. The van der Waals surface area contributed by atoms with Crippen molar-refractivity contribution in [1.82, 2.24) is 20.2 Å². The maximum atomic E-state index is 12.3. The molecule has 1 heterocycles. The Morgan fingerprint density at radius 2 is 1.93 bits per heavy atom. The van der Waals surface area contributed by atoms with Crippen molar-refractivity contribution in [2.75, 3.05) is 11.9 Å². The van der Waals surface area contributed by atoms with E-state index in [9.17, 15) is 4.79 Å². The molecule has 7 nitrogen and oxygen atoms in total. The van der Waals surface area contributed by atoms with Crippen LogP contribution in [0.5, 0.6) is 5.75 Å². The van der Waals surface area contributed by atoms with Crippen LogP contribution >= 0.6 is 0 Å². The molecule has 1 aliphatic carbocycles. The lowest BCUT2D eigenvalue weighted by molar-refractivity contribution is -0.118. The fraction of sp³-hybridized carbons (Fsp3) is 0.364. The third-order valence-corrected chi connectivity index (χ3v) is 4.88. The van der Waals surface area contributed by atoms with Crippen molar-refractivity contribution in [3.05, 3.63) is 54.1 Å². The van der Waals surface area contributed by atoms with Crippen molar-refractivity contribution in [3.63, 3.8) is 0 Å². The number of aromatic nitrogens is 4. The Hall–Kier alpha value is -3.22. The number of carbonyl (C=O) groups excluding carboxylic acids is 1. The lowest BCUT2D eigenvalue weighted by atomic mass is 9.87. The Morgan fingerprint density at radius 3 is 2.62 bits per heavy atom. The summed E-state index contributed by atoms with van der Waals surface area (Å²) in [5.41, 5.74) is 2.86. The molecule has 0 spiro atoms. The maximum Gasteiger partial charge on any atom is 0.262 e. The molecule has 0 atom stereocenters. The predicted octanol–water partition coefficient (Wildman–Crippen LogP) is 3.99. The molecular formula is C22H25N5O2. The van der Waals surface area contributed by atoms with Gasteiger partial charge in [0.15, 0.2) is 12.4 Å². The quantitative estimate of drug-likeness (QED) is 0.687. The van der Waals surface area contributed by atoms with Crippen molar-refractivity contribution in [3.8, 4) is 17.1 Å². The molecular weight excluding hydrogens is 366 g/mol. The molecule has 0 radical (unpaired) electrons. The van der Waals surface area contributed by atoms with Crippen LogP contribution in [0.4, 0.5) is 5.69 Å². The fourth-order valence-corrected chi connectivity index (χ4v) is 3.08. The number of benzene rings is 2. The topological polar surface area (TPSA) is 81.9 Å². The van der Waals surface area contributed by atoms with E-state index in [-0.39, 0.29) is 17.9 Å². The molecule has 1 N–H and O–H groups in total. The molecule has 0 aliphatic heterocycles. The van der Waals surface area contributed by atoms with Crippen LogP contribution in [0.15, 0.2) is 48.5 Å². The molecule has 7 heteroatoms. The first kappa shape index (κ1) is 19.1. The van der Waals surface area contributed by atoms with Gasteiger partial charge >= 0.3 is 0 Å². The minimum absolute atomic E-state index is 0.0566. The van der Waals surface area contributed by atoms with E-state index in [2.05, 4.69) is 41.6 Å². The van der Waals surface area contributed by atoms with Crippen LogP contribution in [0, 0.1) is 0 Å². The Morgan fingerprint density at radius 1 is 1.17 bits per heavy atom. The number of amides is 1. The van der Waals surface area contributed by atoms with Gasteiger partial charge in [0.05, 0.1) is 6.04 Å². The first-order chi connectivity index (χ1) is 13.9. The number of anilines is 1. The molecule has 3 aromatic rings. The fourth-order valence-electron chi connectivity index (χ4n) is 3.08. The summed E-state index contributed by atoms with van der Waals surface area (Å²) in [5.74, 6) is 1.17. The molecule has 1 saturated carbocycles. The highest BCUT2D eigenvalue weighted by Crippen LogP contribution is 2.36. The zero-order valence-electron chi connectivity index (χ0n) is 16.9. The molecule has 2 aromatic carbocycles. The highest BCUT2D eigenvalue weighted by atomic mass is 16.5. The van der Waals surface area contributed by atoms with Crippen LogP contribution in [0.25, 0.3) is 11.4 Å². The third-order valence-electron chi connectivity index (χ3n) is 4.88. The minimum Gasteiger partial charge on any atom is -0.484 e. The van der Waals surface area contributed by atoms with Crippen molar-refractivity contribution in [2.24, 2.45) is 0 Å². The van der Waals surface area contributed by atoms with Crippen molar-refractivity contribution >= 4 is 11.6 Å². The molecule has 4 rings (SSSR count). The summed E-state index contributed by atoms with van der Waals surface area (Å²) >= 11 is 0. The summed E-state index contributed by atoms with van der Waals surface area (Å²) in [6.07, 6.45) is 2.20. The maximum absolute atomic E-state index is 12.3. The number of rotatable bonds is 6. The monoisotopic (exact) mass is 391 g/mol. The summed E-state index contributed by atoms with van der Waals surface area (Å²) < 4.78 is 7.47. The van der Waals surface area contributed by atoms with Crippen LogP contribution in [-0.2, 0) is 10.2 Å². The Kier molecular flexibility index (Phi) is 5.05. The van der Waals surface area contributed by atoms with Crippen LogP contribution in [0.1, 0.15) is 45.2 Å². The molecule has 0 saturated heterocycles. The Balaban J connectivity index is 1.37. The normalized spacial score (nSPS) is 13.9. The number of nitrogens with one attached hydrogen (secondary N) is 1. The van der Waals surface area contributed by atoms with Gasteiger partial charge in [-0.25, -0.2) is 4.68 Å². The summed E-state index contributed by atoms with van der Waals surface area (Å²) in [7, 11) is 0. The van der Waals surface area contributed by atoms with E-state index in [1.807, 2.05) is 53.2 Å². The number of tetrazole rings is 1. The van der Waals surface area contributed by atoms with Gasteiger partial charge in [-0.05, 0) is 58.5 Å². The van der Waals surface area contributed by atoms with Crippen LogP contribution in [-0.4, -0.2) is 32.7 Å². The van der Waals surface area contributed by atoms with E-state index in [0.717, 1.165) is 24.2 Å². The second-order valence-electron chi connectivity index (χ2n) is 8.37. The highest BCUT2D eigenvalue weighted by molar-refractivity contribution is 5.92. The van der Waals surface area contributed by atoms with Gasteiger partial charge in [-0.3, -0.25) is 4.79 Å². The summed E-state index contributed by atoms with van der Waals surface area (Å²) in [4.78, 5) is 12.3. The largest absolute Gasteiger partial charge is 0.484 e. The standard InChI is InChI=1S/C22H25N5O2/c1-22(2,3)16-7-11-19(12-8-16)29-14-20(28)23-17-6-4-5-15(13-17)21-24-25-26-27(21)18-9-10-18/h4-8,11-13,18H,9-10,14H2,1-3H3,(H,23,28). The van der Waals surface area contributed by atoms with Gasteiger partial charge in [0.2, 0.25) is 0 Å². The molecule has 0 bridgehead atoms. The minimum atomic E-state index is -0.219. The van der Waals surface area contributed by atoms with Crippen LogP contribution < -0.4 is 10.1 Å². The van der Waals surface area contributed by atoms with Gasteiger partial charge in [0.25, 0.3) is 5.91 Å². The molecule has 1 aromatic heterocycles. The van der Waals surface area contributed by atoms with Gasteiger partial charge in [0.1, 0.15) is 5.75 Å². The van der Waals surface area contributed by atoms with E-state index < -0.39 is 0 Å². The molecule has 1 amide bonds. The van der Waals surface area contributed by atoms with Crippen LogP contribution in [0.3, 0.4) is 0 Å². The second kappa shape index (κ2) is 7.66. The SMILES string of the molecule is CC(C)(C)c1ccc(OCC(=O)Nc2cccc(-c3nnnn3C3CC3)c2)cc1. The Bertz CT molecular complexity index is 1000. The van der Waals surface area contributed by atoms with E-state index >= 15 is 0 Å². The summed E-state index contributed by atoms with van der Waals surface area (Å²) in [5, 5.41) is 14.9. The van der Waals surface area contributed by atoms with Gasteiger partial charge in [-0.2, -0.15) is 0 Å². The predicted molar refractivity (Wildman–Crippen MR) is 111 cm³/mol. The summed E-state index contributed by atoms with van der Waals surface area (Å²) in [6, 6.07) is 15.8. The molecule has 1 fully saturated rings. The van der Waals surface area contributed by atoms with Crippen molar-refractivity contribution in [2.45, 2.75) is 45.1 Å². The number of hydrogen-bond donors (Lipinski definition) is 1. The van der Waals surface area contributed by atoms with E-state index in [1.54, 1.807) is 0 Å². The lowest BCUT2D eigenvalue weighted by Gasteiger charge is -2.19.